The van der Waals surface area contributed by atoms with E-state index in [4.69, 9.17) is 14.8 Å². The van der Waals surface area contributed by atoms with Crippen molar-refractivity contribution in [3.05, 3.63) is 145 Å². The first-order valence-electron chi connectivity index (χ1n) is 15.7. The molecule has 0 aliphatic carbocycles. The van der Waals surface area contributed by atoms with E-state index in [-0.39, 0.29) is 26.5 Å². The third-order valence-corrected chi connectivity index (χ3v) is 8.80. The summed E-state index contributed by atoms with van der Waals surface area (Å²) < 4.78 is 12.3. The summed E-state index contributed by atoms with van der Waals surface area (Å²) in [5.41, 5.74) is 5.77. The molecule has 48 heavy (non-hydrogen) atoms. The maximum Gasteiger partial charge on any atom is 0.232 e. The van der Waals surface area contributed by atoms with Crippen LogP contribution < -0.4 is 9.14 Å². The summed E-state index contributed by atoms with van der Waals surface area (Å²) in [4.78, 5) is 4.79. The van der Waals surface area contributed by atoms with Crippen LogP contribution in [0.25, 0.3) is 60.6 Å². The second-order valence-electron chi connectivity index (χ2n) is 12.8. The van der Waals surface area contributed by atoms with Crippen LogP contribution in [0.5, 0.6) is 11.5 Å². The Morgan fingerprint density at radius 2 is 1.42 bits per heavy atom. The van der Waals surface area contributed by atoms with E-state index >= 15 is 0 Å². The maximum atomic E-state index is 6.42. The molecule has 9 aromatic rings. The summed E-state index contributed by atoms with van der Waals surface area (Å²) in [5.74, 6) is 1.99. The Morgan fingerprint density at radius 3 is 2.25 bits per heavy atom. The SMILES string of the molecule is CC(C)(C)c1ccnc(-n2c3[c-]c(Oc4[c-]c(-n5[c-][n+]6c7ccccc7c7ccccc7c6n5)ccc4)ccc3c3ccccc32)c1.[Pt]. The van der Waals surface area contributed by atoms with Gasteiger partial charge in [-0.2, -0.15) is 22.9 Å². The normalized spacial score (nSPS) is 11.9. The van der Waals surface area contributed by atoms with Gasteiger partial charge >= 0.3 is 0 Å². The molecule has 7 heteroatoms. The number of pyridine rings is 2. The van der Waals surface area contributed by atoms with Crippen LogP contribution in [-0.2, 0) is 26.5 Å². The molecule has 0 bridgehead atoms. The molecular weight excluding hydrogens is 774 g/mol. The monoisotopic (exact) mass is 802 g/mol. The van der Waals surface area contributed by atoms with Crippen LogP contribution in [0.2, 0.25) is 0 Å². The van der Waals surface area contributed by atoms with Crippen molar-refractivity contribution in [3.63, 3.8) is 0 Å². The molecule has 0 saturated heterocycles. The molecule has 0 amide bonds. The molecule has 5 aromatic carbocycles. The van der Waals surface area contributed by atoms with Gasteiger partial charge in [0.25, 0.3) is 0 Å². The van der Waals surface area contributed by atoms with E-state index in [1.807, 2.05) is 47.0 Å². The average Bonchev–Trinajstić information content (AvgIpc) is 3.69. The summed E-state index contributed by atoms with van der Waals surface area (Å²) in [6.07, 6.45) is 5.32. The van der Waals surface area contributed by atoms with Crippen molar-refractivity contribution in [2.24, 2.45) is 0 Å². The third kappa shape index (κ3) is 4.87. The number of hydrogen-bond acceptors (Lipinski definition) is 3. The average molecular weight is 803 g/mol. The van der Waals surface area contributed by atoms with E-state index in [0.29, 0.717) is 11.5 Å². The number of para-hydroxylation sites is 2. The van der Waals surface area contributed by atoms with Crippen molar-refractivity contribution >= 4 is 49.1 Å². The zero-order chi connectivity index (χ0) is 31.7. The van der Waals surface area contributed by atoms with Crippen molar-refractivity contribution in [2.45, 2.75) is 26.2 Å². The van der Waals surface area contributed by atoms with Gasteiger partial charge in [-0.1, -0.05) is 93.0 Å². The summed E-state index contributed by atoms with van der Waals surface area (Å²) in [6.45, 7) is 6.65. The van der Waals surface area contributed by atoms with Gasteiger partial charge in [-0.05, 0) is 56.1 Å². The Hall–Kier alpha value is -5.32. The smallest absolute Gasteiger partial charge is 0.232 e. The Balaban J connectivity index is 0.00000336. The Morgan fingerprint density at radius 1 is 0.688 bits per heavy atom. The number of hydrogen-bond donors (Lipinski definition) is 0. The molecule has 0 aliphatic rings. The topological polar surface area (TPSA) is 49.0 Å². The molecule has 0 aliphatic heterocycles. The molecule has 4 heterocycles. The van der Waals surface area contributed by atoms with Crippen LogP contribution >= 0.6 is 0 Å². The zero-order valence-electron chi connectivity index (χ0n) is 26.5. The Labute approximate surface area is 292 Å². The molecule has 0 spiro atoms. The first kappa shape index (κ1) is 30.0. The van der Waals surface area contributed by atoms with Gasteiger partial charge in [-0.25, -0.2) is 4.98 Å². The van der Waals surface area contributed by atoms with Crippen molar-refractivity contribution in [1.82, 2.24) is 19.3 Å². The van der Waals surface area contributed by atoms with E-state index < -0.39 is 0 Å². The maximum absolute atomic E-state index is 6.42. The van der Waals surface area contributed by atoms with E-state index in [2.05, 4.69) is 123 Å². The van der Waals surface area contributed by atoms with Crippen LogP contribution in [-0.4, -0.2) is 19.3 Å². The van der Waals surface area contributed by atoms with Gasteiger partial charge in [0.2, 0.25) is 12.0 Å². The second kappa shape index (κ2) is 11.4. The van der Waals surface area contributed by atoms with Crippen LogP contribution in [0, 0.1) is 18.5 Å². The van der Waals surface area contributed by atoms with E-state index in [0.717, 1.165) is 60.6 Å². The van der Waals surface area contributed by atoms with Crippen LogP contribution in [0.3, 0.4) is 0 Å². The van der Waals surface area contributed by atoms with E-state index in [9.17, 15) is 0 Å². The molecule has 0 radical (unpaired) electrons. The molecular formula is C41H29N5OPt-2. The third-order valence-electron chi connectivity index (χ3n) is 8.80. The predicted octanol–water partition coefficient (Wildman–Crippen LogP) is 8.90. The molecule has 0 unspecified atom stereocenters. The fraction of sp³-hybridized carbons (Fsp3) is 0.0976. The van der Waals surface area contributed by atoms with Gasteiger partial charge in [0.05, 0.1) is 0 Å². The standard InChI is InChI=1S/C41H29N5O.Pt/c1-41(2,3)27-21-22-42-39(23-27)46-37-18-9-7-15-33(37)34-20-19-30(25-38(34)46)47-29-12-10-11-28(24-29)45-26-44-36-17-8-6-14-32(36)31-13-4-5-16-35(31)40(44)43-45;/h4-23H,1-3H3;/q-2;. The van der Waals surface area contributed by atoms with Crippen molar-refractivity contribution in [3.8, 4) is 23.0 Å². The zero-order valence-corrected chi connectivity index (χ0v) is 28.8. The first-order chi connectivity index (χ1) is 22.9. The number of aromatic nitrogens is 5. The van der Waals surface area contributed by atoms with Crippen molar-refractivity contribution < 1.29 is 30.2 Å². The largest absolute Gasteiger partial charge is 0.510 e. The number of nitrogens with zero attached hydrogens (tertiary/aromatic N) is 5. The number of ether oxygens (including phenoxy) is 1. The van der Waals surface area contributed by atoms with Crippen LogP contribution in [0.15, 0.2) is 121 Å². The van der Waals surface area contributed by atoms with Gasteiger partial charge in [-0.3, -0.25) is 0 Å². The second-order valence-corrected chi connectivity index (χ2v) is 12.8. The molecule has 4 aromatic heterocycles. The van der Waals surface area contributed by atoms with Crippen LogP contribution in [0.1, 0.15) is 26.3 Å². The quantitative estimate of drug-likeness (QED) is 0.102. The molecule has 6 nitrogen and oxygen atoms in total. The summed E-state index contributed by atoms with van der Waals surface area (Å²) in [6, 6.07) is 46.1. The fourth-order valence-electron chi connectivity index (χ4n) is 6.48. The van der Waals surface area contributed by atoms with Gasteiger partial charge in [-0.15, -0.1) is 29.7 Å². The van der Waals surface area contributed by atoms with E-state index in [1.165, 1.54) is 5.56 Å². The minimum absolute atomic E-state index is 0. The molecule has 0 N–H and O–H groups in total. The number of fused-ring (bicyclic) bond motifs is 9. The molecule has 0 saturated carbocycles. The van der Waals surface area contributed by atoms with Gasteiger partial charge in [0.1, 0.15) is 5.82 Å². The van der Waals surface area contributed by atoms with Gasteiger partial charge in [0.15, 0.2) is 0 Å². The predicted molar refractivity (Wildman–Crippen MR) is 186 cm³/mol. The van der Waals surface area contributed by atoms with Crippen LogP contribution in [0.4, 0.5) is 0 Å². The van der Waals surface area contributed by atoms with E-state index in [1.54, 1.807) is 4.68 Å². The van der Waals surface area contributed by atoms with Crippen molar-refractivity contribution in [1.29, 1.82) is 0 Å². The minimum atomic E-state index is -0.00809. The first-order valence-corrected chi connectivity index (χ1v) is 15.7. The minimum Gasteiger partial charge on any atom is -0.510 e. The fourth-order valence-corrected chi connectivity index (χ4v) is 6.48. The molecule has 0 atom stereocenters. The molecule has 0 fully saturated rings. The van der Waals surface area contributed by atoms with Gasteiger partial charge in [0, 0.05) is 55.2 Å². The summed E-state index contributed by atoms with van der Waals surface area (Å²) in [5, 5.41) is 10.6. The van der Waals surface area contributed by atoms with Crippen molar-refractivity contribution in [2.75, 3.05) is 0 Å². The van der Waals surface area contributed by atoms with Gasteiger partial charge < -0.3 is 13.7 Å². The molecule has 9 rings (SSSR count). The summed E-state index contributed by atoms with van der Waals surface area (Å²) >= 11 is 0. The number of benzene rings is 5. The molecule has 236 valence electrons. The Bertz CT molecular complexity index is 2590. The Kier molecular flexibility index (Phi) is 7.15. The number of rotatable bonds is 4. The summed E-state index contributed by atoms with van der Waals surface area (Å²) in [7, 11) is 0.